The fraction of sp³-hybridized carbons (Fsp3) is 0.471. The Balaban J connectivity index is 1.69. The maximum absolute atomic E-state index is 12.7. The van der Waals surface area contributed by atoms with Crippen LogP contribution in [0.5, 0.6) is 0 Å². The number of anilines is 1. The number of para-hydroxylation sites is 1. The lowest BCUT2D eigenvalue weighted by molar-refractivity contribution is -0.117. The van der Waals surface area contributed by atoms with Gasteiger partial charge in [-0.15, -0.1) is 5.10 Å². The fourth-order valence-corrected chi connectivity index (χ4v) is 3.76. The van der Waals surface area contributed by atoms with Crippen molar-refractivity contribution in [1.29, 1.82) is 0 Å². The van der Waals surface area contributed by atoms with Crippen molar-refractivity contribution >= 4 is 23.4 Å². The summed E-state index contributed by atoms with van der Waals surface area (Å²) in [6, 6.07) is 9.47. The molecule has 1 saturated heterocycles. The van der Waals surface area contributed by atoms with E-state index in [4.69, 9.17) is 4.74 Å². The van der Waals surface area contributed by atoms with E-state index in [1.807, 2.05) is 37.3 Å². The highest BCUT2D eigenvalue weighted by atomic mass is 32.2. The highest BCUT2D eigenvalue weighted by Gasteiger charge is 2.24. The van der Waals surface area contributed by atoms with Gasteiger partial charge in [-0.1, -0.05) is 30.0 Å². The Hall–Kier alpha value is -2.06. The first-order chi connectivity index (χ1) is 12.1. The van der Waals surface area contributed by atoms with Crippen LogP contribution in [0.4, 0.5) is 5.69 Å². The number of thioether (sulfide) groups is 1. The fourth-order valence-electron chi connectivity index (χ4n) is 2.81. The Kier molecular flexibility index (Phi) is 5.60. The molecule has 0 saturated carbocycles. The van der Waals surface area contributed by atoms with Crippen LogP contribution in [0.3, 0.4) is 0 Å². The zero-order valence-corrected chi connectivity index (χ0v) is 15.2. The van der Waals surface area contributed by atoms with Crippen LogP contribution in [0.1, 0.15) is 19.8 Å². The number of carbonyl (C=O) groups is 1. The molecule has 1 aliphatic heterocycles. The number of aromatic amines is 1. The largest absolute Gasteiger partial charge is 0.376 e. The number of H-pyrrole nitrogens is 1. The summed E-state index contributed by atoms with van der Waals surface area (Å²) in [5.74, 6) is -0.0460. The third-order valence-electron chi connectivity index (χ3n) is 4.24. The molecule has 8 heteroatoms. The van der Waals surface area contributed by atoms with Crippen molar-refractivity contribution in [2.24, 2.45) is 0 Å². The van der Waals surface area contributed by atoms with E-state index in [9.17, 15) is 9.59 Å². The SMILES string of the molecule is CC(Sc1n[nH]c(=O)n1CC1CCCO1)C(=O)N(C)c1ccccc1. The van der Waals surface area contributed by atoms with Gasteiger partial charge in [0.2, 0.25) is 5.91 Å². The second-order valence-corrected chi connectivity index (χ2v) is 7.36. The van der Waals surface area contributed by atoms with E-state index >= 15 is 0 Å². The van der Waals surface area contributed by atoms with E-state index in [1.165, 1.54) is 11.8 Å². The minimum atomic E-state index is -0.372. The van der Waals surface area contributed by atoms with Gasteiger partial charge in [0.15, 0.2) is 5.16 Å². The first-order valence-electron chi connectivity index (χ1n) is 8.32. The molecule has 2 unspecified atom stereocenters. The van der Waals surface area contributed by atoms with Crippen molar-refractivity contribution < 1.29 is 9.53 Å². The molecule has 2 atom stereocenters. The molecule has 1 aromatic carbocycles. The van der Waals surface area contributed by atoms with Gasteiger partial charge in [-0.3, -0.25) is 9.36 Å². The van der Waals surface area contributed by atoms with Crippen molar-refractivity contribution in [3.8, 4) is 0 Å². The van der Waals surface area contributed by atoms with Gasteiger partial charge in [-0.2, -0.15) is 0 Å². The summed E-state index contributed by atoms with van der Waals surface area (Å²) in [6.07, 6.45) is 1.98. The lowest BCUT2D eigenvalue weighted by Gasteiger charge is -2.21. The quantitative estimate of drug-likeness (QED) is 0.794. The standard InChI is InChI=1S/C17H22N4O3S/c1-12(15(22)20(2)13-7-4-3-5-8-13)25-17-19-18-16(23)21(17)11-14-9-6-10-24-14/h3-5,7-8,12,14H,6,9-11H2,1-2H3,(H,18,23). The summed E-state index contributed by atoms with van der Waals surface area (Å²) in [6.45, 7) is 3.02. The van der Waals surface area contributed by atoms with Crippen molar-refractivity contribution in [3.05, 3.63) is 40.8 Å². The molecule has 0 radical (unpaired) electrons. The summed E-state index contributed by atoms with van der Waals surface area (Å²) < 4.78 is 7.16. The summed E-state index contributed by atoms with van der Waals surface area (Å²) in [5, 5.41) is 6.69. The van der Waals surface area contributed by atoms with Gasteiger partial charge in [-0.25, -0.2) is 9.89 Å². The zero-order valence-electron chi connectivity index (χ0n) is 14.3. The number of hydrogen-bond acceptors (Lipinski definition) is 5. The number of amides is 1. The molecule has 1 aliphatic rings. The number of nitrogens with one attached hydrogen (secondary N) is 1. The molecule has 1 fully saturated rings. The van der Waals surface area contributed by atoms with Crippen LogP contribution in [0.15, 0.2) is 40.3 Å². The maximum atomic E-state index is 12.7. The van der Waals surface area contributed by atoms with Crippen LogP contribution >= 0.6 is 11.8 Å². The van der Waals surface area contributed by atoms with E-state index in [1.54, 1.807) is 16.5 Å². The summed E-state index contributed by atoms with van der Waals surface area (Å²) in [7, 11) is 1.75. The van der Waals surface area contributed by atoms with Gasteiger partial charge in [0.1, 0.15) is 0 Å². The average Bonchev–Trinajstić information content (AvgIpc) is 3.26. The van der Waals surface area contributed by atoms with Gasteiger partial charge >= 0.3 is 5.69 Å². The predicted molar refractivity (Wildman–Crippen MR) is 97.0 cm³/mol. The molecule has 3 rings (SSSR count). The smallest absolute Gasteiger partial charge is 0.344 e. The van der Waals surface area contributed by atoms with Crippen LogP contribution in [0, 0.1) is 0 Å². The highest BCUT2D eigenvalue weighted by Crippen LogP contribution is 2.24. The molecule has 25 heavy (non-hydrogen) atoms. The van der Waals surface area contributed by atoms with E-state index < -0.39 is 0 Å². The zero-order chi connectivity index (χ0) is 17.8. The number of hydrogen-bond donors (Lipinski definition) is 1. The molecule has 134 valence electrons. The third-order valence-corrected chi connectivity index (χ3v) is 5.32. The summed E-state index contributed by atoms with van der Waals surface area (Å²) >= 11 is 1.28. The van der Waals surface area contributed by atoms with Gasteiger partial charge in [-0.05, 0) is 31.9 Å². The number of aromatic nitrogens is 3. The van der Waals surface area contributed by atoms with E-state index in [2.05, 4.69) is 10.2 Å². The van der Waals surface area contributed by atoms with Crippen LogP contribution in [0.25, 0.3) is 0 Å². The number of rotatable bonds is 6. The molecule has 0 spiro atoms. The second-order valence-electron chi connectivity index (χ2n) is 6.05. The van der Waals surface area contributed by atoms with Crippen LogP contribution in [0.2, 0.25) is 0 Å². The van der Waals surface area contributed by atoms with E-state index in [-0.39, 0.29) is 23.0 Å². The lowest BCUT2D eigenvalue weighted by Crippen LogP contribution is -2.33. The minimum absolute atomic E-state index is 0.0349. The minimum Gasteiger partial charge on any atom is -0.376 e. The van der Waals surface area contributed by atoms with Crippen LogP contribution < -0.4 is 10.6 Å². The molecule has 2 aromatic rings. The topological polar surface area (TPSA) is 80.2 Å². The molecule has 0 bridgehead atoms. The first-order valence-corrected chi connectivity index (χ1v) is 9.20. The monoisotopic (exact) mass is 362 g/mol. The second kappa shape index (κ2) is 7.88. The number of ether oxygens (including phenoxy) is 1. The number of benzene rings is 1. The van der Waals surface area contributed by atoms with E-state index in [0.29, 0.717) is 11.7 Å². The highest BCUT2D eigenvalue weighted by molar-refractivity contribution is 8.00. The third kappa shape index (κ3) is 4.13. The molecular formula is C17H22N4O3S. The average molecular weight is 362 g/mol. The summed E-state index contributed by atoms with van der Waals surface area (Å²) in [4.78, 5) is 26.3. The number of carbonyl (C=O) groups excluding carboxylic acids is 1. The Labute approximate surface area is 150 Å². The Morgan fingerprint density at radius 3 is 2.92 bits per heavy atom. The Bertz CT molecular complexity index is 768. The molecule has 1 N–H and O–H groups in total. The van der Waals surface area contributed by atoms with Gasteiger partial charge < -0.3 is 9.64 Å². The molecule has 1 amide bonds. The van der Waals surface area contributed by atoms with Crippen LogP contribution in [-0.2, 0) is 16.1 Å². The van der Waals surface area contributed by atoms with Crippen molar-refractivity contribution in [2.45, 2.75) is 42.8 Å². The lowest BCUT2D eigenvalue weighted by atomic mass is 10.2. The Morgan fingerprint density at radius 2 is 2.24 bits per heavy atom. The summed E-state index contributed by atoms with van der Waals surface area (Å²) in [5.41, 5.74) is 0.563. The Morgan fingerprint density at radius 1 is 1.48 bits per heavy atom. The molecule has 7 nitrogen and oxygen atoms in total. The van der Waals surface area contributed by atoms with Gasteiger partial charge in [0.05, 0.1) is 17.9 Å². The van der Waals surface area contributed by atoms with Crippen molar-refractivity contribution in [1.82, 2.24) is 14.8 Å². The molecule has 0 aliphatic carbocycles. The van der Waals surface area contributed by atoms with Gasteiger partial charge in [0, 0.05) is 19.3 Å². The van der Waals surface area contributed by atoms with E-state index in [0.717, 1.165) is 25.1 Å². The molecular weight excluding hydrogens is 340 g/mol. The van der Waals surface area contributed by atoms with Crippen molar-refractivity contribution in [3.63, 3.8) is 0 Å². The molecule has 1 aromatic heterocycles. The first kappa shape index (κ1) is 17.8. The molecule has 2 heterocycles. The maximum Gasteiger partial charge on any atom is 0.344 e. The van der Waals surface area contributed by atoms with Crippen molar-refractivity contribution in [2.75, 3.05) is 18.6 Å². The number of nitrogens with zero attached hydrogens (tertiary/aromatic N) is 3. The normalized spacial score (nSPS) is 18.2. The predicted octanol–water partition coefficient (Wildman–Crippen LogP) is 1.89. The van der Waals surface area contributed by atoms with Crippen LogP contribution in [-0.4, -0.2) is 45.7 Å². The van der Waals surface area contributed by atoms with Gasteiger partial charge in [0.25, 0.3) is 0 Å².